The van der Waals surface area contributed by atoms with Crippen LogP contribution in [0.1, 0.15) is 42.4 Å². The minimum Gasteiger partial charge on any atom is -0.496 e. The summed E-state index contributed by atoms with van der Waals surface area (Å²) >= 11 is 0. The second kappa shape index (κ2) is 3.99. The van der Waals surface area contributed by atoms with Crippen molar-refractivity contribution < 1.29 is 9.84 Å². The molecule has 1 N–H and O–H groups in total. The second-order valence-corrected chi connectivity index (χ2v) is 6.16. The molecule has 1 aromatic carbocycles. The molecule has 2 saturated carbocycles. The maximum Gasteiger partial charge on any atom is 0.125 e. The third-order valence-corrected chi connectivity index (χ3v) is 4.91. The van der Waals surface area contributed by atoms with Gasteiger partial charge in [-0.1, -0.05) is 6.07 Å². The number of fused-ring (bicyclic) bond motifs is 2. The lowest BCUT2D eigenvalue weighted by Crippen LogP contribution is -2.33. The van der Waals surface area contributed by atoms with Crippen LogP contribution in [0.5, 0.6) is 5.75 Å². The highest BCUT2D eigenvalue weighted by Crippen LogP contribution is 2.57. The number of benzene rings is 1. The van der Waals surface area contributed by atoms with Crippen molar-refractivity contribution in [1.29, 1.82) is 0 Å². The molecule has 0 spiro atoms. The minimum absolute atomic E-state index is 0.429. The quantitative estimate of drug-likeness (QED) is 0.867. The van der Waals surface area contributed by atoms with Crippen LogP contribution in [0.15, 0.2) is 12.1 Å². The zero-order valence-electron chi connectivity index (χ0n) is 11.5. The average molecular weight is 246 g/mol. The van der Waals surface area contributed by atoms with Crippen LogP contribution in [0.2, 0.25) is 0 Å². The summed E-state index contributed by atoms with van der Waals surface area (Å²) in [6.07, 6.45) is 4.56. The number of methoxy groups -OCH3 is 1. The molecule has 1 aromatic rings. The Hall–Kier alpha value is -1.02. The molecule has 2 nitrogen and oxygen atoms in total. The highest BCUT2D eigenvalue weighted by molar-refractivity contribution is 5.47. The first-order valence-corrected chi connectivity index (χ1v) is 6.92. The summed E-state index contributed by atoms with van der Waals surface area (Å²) in [6, 6.07) is 4.20. The van der Waals surface area contributed by atoms with Crippen LogP contribution >= 0.6 is 0 Å². The predicted molar refractivity (Wildman–Crippen MR) is 71.8 cm³/mol. The normalized spacial score (nSPS) is 34.0. The van der Waals surface area contributed by atoms with E-state index in [4.69, 9.17) is 4.74 Å². The fraction of sp³-hybridized carbons (Fsp3) is 0.625. The lowest BCUT2D eigenvalue weighted by Gasteiger charge is -2.35. The van der Waals surface area contributed by atoms with Gasteiger partial charge in [0, 0.05) is 5.56 Å². The monoisotopic (exact) mass is 246 g/mol. The van der Waals surface area contributed by atoms with Gasteiger partial charge < -0.3 is 9.84 Å². The van der Waals surface area contributed by atoms with Crippen LogP contribution in [-0.4, -0.2) is 12.2 Å². The SMILES string of the molecule is COc1cc(C)cc(C)c1C1(O)CC2CCC1C2. The average Bonchev–Trinajstić information content (AvgIpc) is 2.87. The van der Waals surface area contributed by atoms with Gasteiger partial charge in [-0.05, 0) is 68.6 Å². The summed E-state index contributed by atoms with van der Waals surface area (Å²) in [4.78, 5) is 0. The summed E-state index contributed by atoms with van der Waals surface area (Å²) in [5.74, 6) is 2.01. The Labute approximate surface area is 109 Å². The zero-order chi connectivity index (χ0) is 12.9. The Kier molecular flexibility index (Phi) is 2.67. The number of hydrogen-bond acceptors (Lipinski definition) is 2. The molecule has 2 aliphatic carbocycles. The molecule has 0 aromatic heterocycles. The van der Waals surface area contributed by atoms with E-state index in [2.05, 4.69) is 19.9 Å². The molecule has 0 amide bonds. The van der Waals surface area contributed by atoms with Crippen LogP contribution in [0, 0.1) is 25.7 Å². The third-order valence-electron chi connectivity index (χ3n) is 4.91. The van der Waals surface area contributed by atoms with Gasteiger partial charge in [-0.15, -0.1) is 0 Å². The van der Waals surface area contributed by atoms with Crippen molar-refractivity contribution in [2.24, 2.45) is 11.8 Å². The van der Waals surface area contributed by atoms with E-state index in [-0.39, 0.29) is 0 Å². The zero-order valence-corrected chi connectivity index (χ0v) is 11.5. The van der Waals surface area contributed by atoms with Crippen molar-refractivity contribution in [3.05, 3.63) is 28.8 Å². The summed E-state index contributed by atoms with van der Waals surface area (Å²) < 4.78 is 5.53. The molecule has 0 aliphatic heterocycles. The fourth-order valence-electron chi connectivity index (χ4n) is 4.25. The molecule has 2 bridgehead atoms. The molecule has 0 heterocycles. The van der Waals surface area contributed by atoms with Gasteiger partial charge in [-0.2, -0.15) is 0 Å². The molecule has 18 heavy (non-hydrogen) atoms. The van der Waals surface area contributed by atoms with E-state index in [9.17, 15) is 5.11 Å². The standard InChI is InChI=1S/C16H22O2/c1-10-6-11(2)15(14(7-10)18-3)16(17)9-12-4-5-13(16)8-12/h6-7,12-13,17H,4-5,8-9H2,1-3H3. The van der Waals surface area contributed by atoms with Crippen molar-refractivity contribution in [3.63, 3.8) is 0 Å². The van der Waals surface area contributed by atoms with Crippen LogP contribution in [0.4, 0.5) is 0 Å². The van der Waals surface area contributed by atoms with Crippen LogP contribution < -0.4 is 4.74 Å². The van der Waals surface area contributed by atoms with Crippen molar-refractivity contribution >= 4 is 0 Å². The molecule has 2 heteroatoms. The topological polar surface area (TPSA) is 29.5 Å². The van der Waals surface area contributed by atoms with Gasteiger partial charge >= 0.3 is 0 Å². The molecule has 3 atom stereocenters. The molecule has 98 valence electrons. The molecular weight excluding hydrogens is 224 g/mol. The first-order chi connectivity index (χ1) is 8.54. The van der Waals surface area contributed by atoms with E-state index >= 15 is 0 Å². The Morgan fingerprint density at radius 2 is 2.06 bits per heavy atom. The van der Waals surface area contributed by atoms with E-state index in [1.54, 1.807) is 7.11 Å². The molecule has 0 saturated heterocycles. The smallest absolute Gasteiger partial charge is 0.125 e. The van der Waals surface area contributed by atoms with E-state index in [0.29, 0.717) is 11.8 Å². The number of hydrogen-bond donors (Lipinski definition) is 1. The van der Waals surface area contributed by atoms with E-state index in [1.807, 2.05) is 6.07 Å². The van der Waals surface area contributed by atoms with E-state index in [0.717, 1.165) is 24.2 Å². The van der Waals surface area contributed by atoms with Gasteiger partial charge in [0.2, 0.25) is 0 Å². The van der Waals surface area contributed by atoms with Crippen molar-refractivity contribution in [2.45, 2.75) is 45.1 Å². The molecule has 3 rings (SSSR count). The highest BCUT2D eigenvalue weighted by Gasteiger charge is 2.52. The molecule has 0 radical (unpaired) electrons. The third kappa shape index (κ3) is 1.58. The number of aryl methyl sites for hydroxylation is 2. The maximum atomic E-state index is 11.2. The van der Waals surface area contributed by atoms with Crippen molar-refractivity contribution in [3.8, 4) is 5.75 Å². The number of ether oxygens (including phenoxy) is 1. The molecular formula is C16H22O2. The van der Waals surface area contributed by atoms with Crippen LogP contribution in [-0.2, 0) is 5.60 Å². The van der Waals surface area contributed by atoms with E-state index < -0.39 is 5.60 Å². The van der Waals surface area contributed by atoms with Gasteiger partial charge in [0.25, 0.3) is 0 Å². The van der Waals surface area contributed by atoms with Crippen molar-refractivity contribution in [1.82, 2.24) is 0 Å². The maximum absolute atomic E-state index is 11.2. The summed E-state index contributed by atoms with van der Waals surface area (Å²) in [5.41, 5.74) is 2.76. The lowest BCUT2D eigenvalue weighted by atomic mass is 9.76. The first kappa shape index (κ1) is 12.0. The second-order valence-electron chi connectivity index (χ2n) is 6.16. The summed E-state index contributed by atoms with van der Waals surface area (Å²) in [5, 5.41) is 11.2. The Balaban J connectivity index is 2.11. The van der Waals surface area contributed by atoms with Gasteiger partial charge in [0.05, 0.1) is 12.7 Å². The van der Waals surface area contributed by atoms with Gasteiger partial charge in [-0.3, -0.25) is 0 Å². The predicted octanol–water partition coefficient (Wildman–Crippen LogP) is 3.32. The van der Waals surface area contributed by atoms with Gasteiger partial charge in [-0.25, -0.2) is 0 Å². The molecule has 3 unspecified atom stereocenters. The summed E-state index contributed by atoms with van der Waals surface area (Å²) in [7, 11) is 1.70. The lowest BCUT2D eigenvalue weighted by molar-refractivity contribution is -0.0206. The van der Waals surface area contributed by atoms with Crippen LogP contribution in [0.3, 0.4) is 0 Å². The van der Waals surface area contributed by atoms with E-state index in [1.165, 1.54) is 24.0 Å². The largest absolute Gasteiger partial charge is 0.496 e. The van der Waals surface area contributed by atoms with Crippen molar-refractivity contribution in [2.75, 3.05) is 7.11 Å². The highest BCUT2D eigenvalue weighted by atomic mass is 16.5. The molecule has 2 aliphatic rings. The first-order valence-electron chi connectivity index (χ1n) is 6.92. The molecule has 2 fully saturated rings. The minimum atomic E-state index is -0.647. The fourth-order valence-corrected chi connectivity index (χ4v) is 4.25. The van der Waals surface area contributed by atoms with Gasteiger partial charge in [0.15, 0.2) is 0 Å². The Bertz CT molecular complexity index is 480. The summed E-state index contributed by atoms with van der Waals surface area (Å²) in [6.45, 7) is 4.17. The number of rotatable bonds is 2. The number of aliphatic hydroxyl groups is 1. The Morgan fingerprint density at radius 1 is 1.28 bits per heavy atom. The Morgan fingerprint density at radius 3 is 2.61 bits per heavy atom. The van der Waals surface area contributed by atoms with Gasteiger partial charge in [0.1, 0.15) is 5.75 Å². The van der Waals surface area contributed by atoms with Crippen LogP contribution in [0.25, 0.3) is 0 Å².